The van der Waals surface area contributed by atoms with Crippen molar-refractivity contribution < 1.29 is 62.9 Å². The summed E-state index contributed by atoms with van der Waals surface area (Å²) >= 11 is 0. The second-order valence-corrected chi connectivity index (χ2v) is 15.8. The van der Waals surface area contributed by atoms with Gasteiger partial charge in [0.25, 0.3) is 0 Å². The highest BCUT2D eigenvalue weighted by atomic mass is 19.1. The fourth-order valence-corrected chi connectivity index (χ4v) is 9.88. The van der Waals surface area contributed by atoms with Crippen molar-refractivity contribution in [3.8, 4) is 5.75 Å². The summed E-state index contributed by atoms with van der Waals surface area (Å²) in [6.45, 7) is 8.43. The van der Waals surface area contributed by atoms with Crippen molar-refractivity contribution in [3.63, 3.8) is 0 Å². The number of nitrogens with one attached hydrogen (secondary N) is 1. The van der Waals surface area contributed by atoms with Gasteiger partial charge in [0.05, 0.1) is 24.7 Å². The van der Waals surface area contributed by atoms with Gasteiger partial charge < -0.3 is 24.6 Å². The van der Waals surface area contributed by atoms with Crippen LogP contribution in [0.3, 0.4) is 0 Å². The molecule has 4 aliphatic rings. The molecule has 4 N–H and O–H groups in total. The number of hydrogen-bond donors (Lipinski definition) is 4. The van der Waals surface area contributed by atoms with Crippen molar-refractivity contribution in [3.05, 3.63) is 53.6 Å². The van der Waals surface area contributed by atoms with Crippen molar-refractivity contribution in [2.24, 2.45) is 39.9 Å². The van der Waals surface area contributed by atoms with Gasteiger partial charge in [0, 0.05) is 30.1 Å². The van der Waals surface area contributed by atoms with Gasteiger partial charge in [-0.15, -0.1) is 0 Å². The monoisotopic (exact) mass is 758 g/mol. The first kappa shape index (κ1) is 41.1. The van der Waals surface area contributed by atoms with E-state index in [4.69, 9.17) is 24.6 Å². The number of ether oxygens (including phenoxy) is 3. The van der Waals surface area contributed by atoms with E-state index < -0.39 is 64.6 Å². The van der Waals surface area contributed by atoms with Crippen LogP contribution < -0.4 is 10.1 Å². The number of esters is 1. The fourth-order valence-electron chi connectivity index (χ4n) is 9.88. The van der Waals surface area contributed by atoms with Crippen molar-refractivity contribution in [1.82, 2.24) is 10.7 Å². The molecule has 3 saturated carbocycles. The second kappa shape index (κ2) is 16.4. The molecule has 0 aliphatic heterocycles. The molecule has 1 aromatic carbocycles. The number of carbonyl (C=O) groups excluding carboxylic acids is 5. The largest absolute Gasteiger partial charge is 0.514 e. The van der Waals surface area contributed by atoms with Crippen LogP contribution in [0.5, 0.6) is 5.75 Å². The van der Waals surface area contributed by atoms with E-state index in [9.17, 15) is 29.1 Å². The Morgan fingerprint density at radius 3 is 2.39 bits per heavy atom. The van der Waals surface area contributed by atoms with Gasteiger partial charge in [-0.1, -0.05) is 45.9 Å². The zero-order chi connectivity index (χ0) is 39.6. The SMILES string of the molecule is CC(=O)NC(Cc1ccc(OC(=O)OCC(=O)[C@]2(C)C(C)C[C@H]3[C@@H]4C[C@H](F)C5=CC(=O)C=C[C@]5(C)[C@H]4[C@@H](O)C[C@@]32C)cc1)C(=O)OCCCCON(O)O. The zero-order valence-corrected chi connectivity index (χ0v) is 31.3. The Morgan fingerprint density at radius 1 is 1.04 bits per heavy atom. The predicted octanol–water partition coefficient (Wildman–Crippen LogP) is 4.63. The molecular formula is C39H51FN2O12. The number of halogens is 1. The maximum atomic E-state index is 15.8. The van der Waals surface area contributed by atoms with Crippen LogP contribution in [0.4, 0.5) is 9.18 Å². The topological polar surface area (TPSA) is 198 Å². The van der Waals surface area contributed by atoms with Crippen molar-refractivity contribution in [1.29, 1.82) is 0 Å². The van der Waals surface area contributed by atoms with Crippen molar-refractivity contribution in [2.75, 3.05) is 19.8 Å². The van der Waals surface area contributed by atoms with Gasteiger partial charge in [-0.25, -0.2) is 14.0 Å². The Kier molecular flexibility index (Phi) is 12.5. The molecule has 0 radical (unpaired) electrons. The lowest BCUT2D eigenvalue weighted by molar-refractivity contribution is -0.492. The number of Topliss-reactive ketones (excluding diaryl/α,β-unsaturated/α-hetero) is 1. The highest BCUT2D eigenvalue weighted by Crippen LogP contribution is 2.71. The summed E-state index contributed by atoms with van der Waals surface area (Å²) in [4.78, 5) is 67.8. The zero-order valence-electron chi connectivity index (χ0n) is 31.3. The Balaban J connectivity index is 1.17. The molecule has 0 bridgehead atoms. The first-order chi connectivity index (χ1) is 25.4. The average Bonchev–Trinajstić information content (AvgIpc) is 3.30. The maximum absolute atomic E-state index is 15.8. The minimum atomic E-state index is -1.34. The number of carbonyl (C=O) groups is 5. The molecule has 15 heteroatoms. The average molecular weight is 759 g/mol. The van der Waals surface area contributed by atoms with E-state index in [0.717, 1.165) is 0 Å². The van der Waals surface area contributed by atoms with E-state index >= 15 is 4.39 Å². The van der Waals surface area contributed by atoms with Crippen LogP contribution in [0, 0.1) is 39.9 Å². The van der Waals surface area contributed by atoms with Gasteiger partial charge in [-0.3, -0.25) is 29.6 Å². The van der Waals surface area contributed by atoms with Gasteiger partial charge in [-0.2, -0.15) is 0 Å². The summed E-state index contributed by atoms with van der Waals surface area (Å²) < 4.78 is 31.7. The van der Waals surface area contributed by atoms with E-state index in [1.165, 1.54) is 31.2 Å². The molecule has 0 spiro atoms. The van der Waals surface area contributed by atoms with Crippen molar-refractivity contribution >= 4 is 29.6 Å². The number of nitrogens with zero attached hydrogens (tertiary/aromatic N) is 1. The van der Waals surface area contributed by atoms with Crippen LogP contribution in [0.25, 0.3) is 0 Å². The molecule has 54 heavy (non-hydrogen) atoms. The summed E-state index contributed by atoms with van der Waals surface area (Å²) in [6.07, 6.45) is 3.23. The molecule has 2 unspecified atom stereocenters. The van der Waals surface area contributed by atoms with Crippen LogP contribution in [0.15, 0.2) is 48.1 Å². The summed E-state index contributed by atoms with van der Waals surface area (Å²) in [5.41, 5.74) is -1.48. The fraction of sp³-hybridized carbons (Fsp3) is 0.615. The Bertz CT molecular complexity index is 1660. The van der Waals surface area contributed by atoms with Gasteiger partial charge in [0.1, 0.15) is 18.0 Å². The Morgan fingerprint density at radius 2 is 1.72 bits per heavy atom. The van der Waals surface area contributed by atoms with E-state index in [1.807, 2.05) is 27.7 Å². The third kappa shape index (κ3) is 8.15. The van der Waals surface area contributed by atoms with Crippen molar-refractivity contribution in [2.45, 2.75) is 91.5 Å². The number of alkyl halides is 1. The highest BCUT2D eigenvalue weighted by molar-refractivity contribution is 6.01. The van der Waals surface area contributed by atoms with E-state index in [0.29, 0.717) is 36.8 Å². The number of allylic oxidation sites excluding steroid dienone is 4. The summed E-state index contributed by atoms with van der Waals surface area (Å²) in [5, 5.41) is 30.9. The normalized spacial score (nSPS) is 33.1. The number of amides is 1. The second-order valence-electron chi connectivity index (χ2n) is 15.8. The molecule has 5 rings (SSSR count). The lowest BCUT2D eigenvalue weighted by atomic mass is 9.44. The van der Waals surface area contributed by atoms with Gasteiger partial charge in [-0.05, 0) is 90.7 Å². The number of ketones is 2. The third-order valence-electron chi connectivity index (χ3n) is 12.8. The lowest BCUT2D eigenvalue weighted by Gasteiger charge is -2.60. The Hall–Kier alpha value is -4.02. The smallest absolute Gasteiger partial charge is 0.464 e. The molecule has 0 heterocycles. The summed E-state index contributed by atoms with van der Waals surface area (Å²) in [7, 11) is 0. The molecule has 0 aromatic heterocycles. The van der Waals surface area contributed by atoms with Crippen LogP contribution in [0.1, 0.15) is 72.3 Å². The van der Waals surface area contributed by atoms with E-state index in [2.05, 4.69) is 10.2 Å². The molecule has 0 saturated heterocycles. The van der Waals surface area contributed by atoms with E-state index in [-0.39, 0.29) is 67.0 Å². The van der Waals surface area contributed by atoms with Crippen LogP contribution >= 0.6 is 0 Å². The minimum absolute atomic E-state index is 0.00591. The van der Waals surface area contributed by atoms with Gasteiger partial charge in [0.2, 0.25) is 5.91 Å². The number of fused-ring (bicyclic) bond motifs is 5. The number of unbranched alkanes of at least 4 members (excludes halogenated alkanes) is 1. The van der Waals surface area contributed by atoms with Gasteiger partial charge in [0.15, 0.2) is 18.2 Å². The number of hydrogen-bond acceptors (Lipinski definition) is 13. The molecule has 296 valence electrons. The third-order valence-corrected chi connectivity index (χ3v) is 12.8. The standard InChI is InChI=1S/C39H51FN2O12/c1-22-16-28-27-19-30(40)29-18-25(44)12-13-37(29,3)34(27)32(45)20-38(28,4)39(22,5)33(46)21-52-36(48)54-26-10-8-24(9-11-26)17-31(41-23(2)43)35(47)51-14-6-7-15-53-42(49)50/h8-13,18,22,27-28,30-32,34,45,49-50H,6-7,14-17,19-21H2,1-5H3,(H,41,43)/t22?,27-,28-,30-,31?,32-,34+,37-,38-,39-/m0/s1. The quantitative estimate of drug-likeness (QED) is 0.0888. The first-order valence-electron chi connectivity index (χ1n) is 18.4. The number of aliphatic hydroxyl groups excluding tert-OH is 1. The summed E-state index contributed by atoms with van der Waals surface area (Å²) in [6, 6.07) is 5.16. The molecule has 1 aromatic rings. The molecule has 1 amide bonds. The van der Waals surface area contributed by atoms with Crippen LogP contribution in [-0.4, -0.2) is 88.6 Å². The Labute approximate surface area is 313 Å². The van der Waals surface area contributed by atoms with Gasteiger partial charge >= 0.3 is 12.1 Å². The predicted molar refractivity (Wildman–Crippen MR) is 187 cm³/mol. The number of benzene rings is 1. The molecule has 10 atom stereocenters. The molecular weight excluding hydrogens is 707 g/mol. The molecule has 14 nitrogen and oxygen atoms in total. The molecule has 3 fully saturated rings. The summed E-state index contributed by atoms with van der Waals surface area (Å²) in [5.74, 6) is -2.32. The maximum Gasteiger partial charge on any atom is 0.514 e. The van der Waals surface area contributed by atoms with E-state index in [1.54, 1.807) is 18.2 Å². The first-order valence-corrected chi connectivity index (χ1v) is 18.4. The lowest BCUT2D eigenvalue weighted by Crippen LogP contribution is -2.60. The minimum Gasteiger partial charge on any atom is -0.464 e. The highest BCUT2D eigenvalue weighted by Gasteiger charge is 2.69. The number of rotatable bonds is 14. The molecule has 4 aliphatic carbocycles. The van der Waals surface area contributed by atoms with Crippen LogP contribution in [-0.2, 0) is 39.9 Å². The number of aliphatic hydroxyl groups is 1. The van der Waals surface area contributed by atoms with Crippen LogP contribution in [0.2, 0.25) is 0 Å².